The van der Waals surface area contributed by atoms with Gasteiger partial charge in [0.25, 0.3) is 0 Å². The maximum atomic E-state index is 11.3. The molecule has 4 heteroatoms. The third-order valence-corrected chi connectivity index (χ3v) is 3.81. The molecule has 1 saturated carbocycles. The van der Waals surface area contributed by atoms with Crippen molar-refractivity contribution < 1.29 is 14.6 Å². The molecule has 1 unspecified atom stereocenters. The van der Waals surface area contributed by atoms with E-state index in [4.69, 9.17) is 4.74 Å². The number of carbonyl (C=O) groups is 1. The van der Waals surface area contributed by atoms with Crippen molar-refractivity contribution in [3.63, 3.8) is 0 Å². The molecule has 0 aliphatic heterocycles. The smallest absolute Gasteiger partial charge is 0.323 e. The molecule has 0 aromatic rings. The van der Waals surface area contributed by atoms with Crippen LogP contribution in [0.3, 0.4) is 0 Å². The number of carboxylic acids is 1. The second-order valence-corrected chi connectivity index (χ2v) is 6.17. The Labute approximate surface area is 116 Å². The van der Waals surface area contributed by atoms with E-state index in [0.29, 0.717) is 19.1 Å². The summed E-state index contributed by atoms with van der Waals surface area (Å²) < 4.78 is 5.84. The first-order chi connectivity index (χ1) is 8.94. The maximum absolute atomic E-state index is 11.3. The number of carboxylic acid groups (broad SMARTS) is 1. The Balaban J connectivity index is 2.26. The van der Waals surface area contributed by atoms with Gasteiger partial charge in [-0.2, -0.15) is 0 Å². The van der Waals surface area contributed by atoms with E-state index in [1.54, 1.807) is 6.92 Å². The van der Waals surface area contributed by atoms with Gasteiger partial charge in [-0.05, 0) is 46.5 Å². The van der Waals surface area contributed by atoms with Crippen molar-refractivity contribution in [1.29, 1.82) is 0 Å². The second kappa shape index (κ2) is 7.85. The molecule has 0 amide bonds. The minimum absolute atomic E-state index is 0.167. The van der Waals surface area contributed by atoms with Gasteiger partial charge < -0.3 is 9.84 Å². The van der Waals surface area contributed by atoms with E-state index >= 15 is 0 Å². The molecule has 4 nitrogen and oxygen atoms in total. The van der Waals surface area contributed by atoms with E-state index in [1.165, 1.54) is 32.1 Å². The molecule has 1 rings (SSSR count). The van der Waals surface area contributed by atoms with Crippen LogP contribution < -0.4 is 5.32 Å². The van der Waals surface area contributed by atoms with Gasteiger partial charge in [0, 0.05) is 12.6 Å². The Kier molecular flexibility index (Phi) is 6.80. The fourth-order valence-corrected chi connectivity index (χ4v) is 2.79. The summed E-state index contributed by atoms with van der Waals surface area (Å²) in [5.74, 6) is -0.779. The van der Waals surface area contributed by atoms with E-state index in [0.717, 1.165) is 6.42 Å². The highest BCUT2D eigenvalue weighted by Crippen LogP contribution is 2.21. The molecule has 0 radical (unpaired) electrons. The first kappa shape index (κ1) is 16.4. The third-order valence-electron chi connectivity index (χ3n) is 3.81. The van der Waals surface area contributed by atoms with Crippen molar-refractivity contribution in [3.05, 3.63) is 0 Å². The van der Waals surface area contributed by atoms with E-state index in [9.17, 15) is 9.90 Å². The number of nitrogens with one attached hydrogen (secondary N) is 1. The monoisotopic (exact) mass is 271 g/mol. The van der Waals surface area contributed by atoms with Gasteiger partial charge in [-0.25, -0.2) is 0 Å². The van der Waals surface area contributed by atoms with Gasteiger partial charge in [0.05, 0.1) is 6.10 Å². The summed E-state index contributed by atoms with van der Waals surface area (Å²) in [7, 11) is 0. The lowest BCUT2D eigenvalue weighted by molar-refractivity contribution is -0.145. The molecule has 2 N–H and O–H groups in total. The molecule has 0 bridgehead atoms. The molecule has 112 valence electrons. The molecule has 1 atom stereocenters. The minimum atomic E-state index is -0.843. The van der Waals surface area contributed by atoms with Crippen LogP contribution >= 0.6 is 0 Å². The van der Waals surface area contributed by atoms with E-state index < -0.39 is 11.5 Å². The predicted molar refractivity (Wildman–Crippen MR) is 76.4 cm³/mol. The summed E-state index contributed by atoms with van der Waals surface area (Å²) in [5, 5.41) is 12.5. The van der Waals surface area contributed by atoms with E-state index in [-0.39, 0.29) is 6.04 Å². The maximum Gasteiger partial charge on any atom is 0.323 e. The summed E-state index contributed by atoms with van der Waals surface area (Å²) in [5.41, 5.74) is -0.843. The Morgan fingerprint density at radius 2 is 2.00 bits per heavy atom. The minimum Gasteiger partial charge on any atom is -0.480 e. The summed E-state index contributed by atoms with van der Waals surface area (Å²) in [6, 6.07) is 0.167. The number of aliphatic carboxylic acids is 1. The van der Waals surface area contributed by atoms with Gasteiger partial charge in [-0.3, -0.25) is 10.1 Å². The quantitative estimate of drug-likeness (QED) is 0.666. The van der Waals surface area contributed by atoms with E-state index in [1.807, 2.05) is 13.8 Å². The van der Waals surface area contributed by atoms with Gasteiger partial charge in [0.1, 0.15) is 5.54 Å². The van der Waals surface area contributed by atoms with Crippen LogP contribution in [0, 0.1) is 0 Å². The number of rotatable bonds is 8. The molecule has 0 spiro atoms. The average molecular weight is 271 g/mol. The molecule has 19 heavy (non-hydrogen) atoms. The van der Waals surface area contributed by atoms with Gasteiger partial charge in [0.15, 0.2) is 0 Å². The first-order valence-corrected chi connectivity index (χ1v) is 7.57. The lowest BCUT2D eigenvalue weighted by atomic mass is 9.95. The Morgan fingerprint density at radius 3 is 2.53 bits per heavy atom. The number of hydrogen-bond acceptors (Lipinski definition) is 3. The topological polar surface area (TPSA) is 58.6 Å². The van der Waals surface area contributed by atoms with Gasteiger partial charge >= 0.3 is 5.97 Å². The Bertz CT molecular complexity index is 275. The molecule has 0 aromatic heterocycles. The fourth-order valence-electron chi connectivity index (χ4n) is 2.79. The van der Waals surface area contributed by atoms with Crippen molar-refractivity contribution in [3.8, 4) is 0 Å². The van der Waals surface area contributed by atoms with Gasteiger partial charge in [-0.1, -0.05) is 19.3 Å². The van der Waals surface area contributed by atoms with E-state index in [2.05, 4.69) is 5.32 Å². The second-order valence-electron chi connectivity index (χ2n) is 6.17. The largest absolute Gasteiger partial charge is 0.480 e. The highest BCUT2D eigenvalue weighted by Gasteiger charge is 2.32. The van der Waals surface area contributed by atoms with Crippen molar-refractivity contribution in [2.75, 3.05) is 6.61 Å². The van der Waals surface area contributed by atoms with Crippen molar-refractivity contribution in [2.45, 2.75) is 83.4 Å². The highest BCUT2D eigenvalue weighted by molar-refractivity contribution is 5.78. The number of hydrogen-bond donors (Lipinski definition) is 2. The average Bonchev–Trinajstić information content (AvgIpc) is 2.35. The van der Waals surface area contributed by atoms with Crippen LogP contribution in [0.5, 0.6) is 0 Å². The van der Waals surface area contributed by atoms with Crippen molar-refractivity contribution >= 4 is 5.97 Å². The van der Waals surface area contributed by atoms with Crippen molar-refractivity contribution in [1.82, 2.24) is 5.32 Å². The summed E-state index contributed by atoms with van der Waals surface area (Å²) >= 11 is 0. The molecule has 0 heterocycles. The van der Waals surface area contributed by atoms with Crippen LogP contribution in [-0.2, 0) is 9.53 Å². The fraction of sp³-hybridized carbons (Fsp3) is 0.933. The predicted octanol–water partition coefficient (Wildman–Crippen LogP) is 2.96. The third kappa shape index (κ3) is 5.91. The zero-order valence-corrected chi connectivity index (χ0v) is 12.6. The van der Waals surface area contributed by atoms with Gasteiger partial charge in [0.2, 0.25) is 0 Å². The van der Waals surface area contributed by atoms with Crippen molar-refractivity contribution in [2.24, 2.45) is 0 Å². The van der Waals surface area contributed by atoms with Crippen LogP contribution in [-0.4, -0.2) is 35.4 Å². The summed E-state index contributed by atoms with van der Waals surface area (Å²) in [6.07, 6.45) is 8.00. The Morgan fingerprint density at radius 1 is 1.37 bits per heavy atom. The zero-order chi connectivity index (χ0) is 14.3. The lowest BCUT2D eigenvalue weighted by Crippen LogP contribution is -2.52. The molecule has 0 saturated heterocycles. The normalized spacial score (nSPS) is 20.4. The first-order valence-electron chi connectivity index (χ1n) is 7.57. The zero-order valence-electron chi connectivity index (χ0n) is 12.6. The van der Waals surface area contributed by atoms with Crippen LogP contribution in [0.25, 0.3) is 0 Å². The molecular formula is C15H29NO3. The SMILES string of the molecule is CC(C)NC(C)(CCCOC1CCCCC1)C(=O)O. The van der Waals surface area contributed by atoms with Crippen LogP contribution in [0.1, 0.15) is 65.7 Å². The highest BCUT2D eigenvalue weighted by atomic mass is 16.5. The Hall–Kier alpha value is -0.610. The van der Waals surface area contributed by atoms with Crippen LogP contribution in [0.15, 0.2) is 0 Å². The molecule has 1 fully saturated rings. The molecule has 1 aliphatic carbocycles. The van der Waals surface area contributed by atoms with Crippen LogP contribution in [0.2, 0.25) is 0 Å². The molecule has 1 aliphatic rings. The standard InChI is InChI=1S/C15H29NO3/c1-12(2)16-15(3,14(17)18)10-7-11-19-13-8-5-4-6-9-13/h12-13,16H,4-11H2,1-3H3,(H,17,18). The van der Waals surface area contributed by atoms with Crippen LogP contribution in [0.4, 0.5) is 0 Å². The molecule has 0 aromatic carbocycles. The summed E-state index contributed by atoms with van der Waals surface area (Å²) in [4.78, 5) is 11.3. The lowest BCUT2D eigenvalue weighted by Gasteiger charge is -2.29. The molecular weight excluding hydrogens is 242 g/mol. The number of ether oxygens (including phenoxy) is 1. The summed E-state index contributed by atoms with van der Waals surface area (Å²) in [6.45, 7) is 6.38. The van der Waals surface area contributed by atoms with Gasteiger partial charge in [-0.15, -0.1) is 0 Å².